The molecule has 1 heterocycles. The summed E-state index contributed by atoms with van der Waals surface area (Å²) >= 11 is 0. The van der Waals surface area contributed by atoms with Gasteiger partial charge in [-0.3, -0.25) is 0 Å². The van der Waals surface area contributed by atoms with E-state index in [-0.39, 0.29) is 0 Å². The summed E-state index contributed by atoms with van der Waals surface area (Å²) in [7, 11) is 0. The van der Waals surface area contributed by atoms with Crippen molar-refractivity contribution in [3.8, 4) is 0 Å². The number of unbranched alkanes of at least 4 members (excludes halogenated alkanes) is 1. The Hall–Kier alpha value is -0.0400. The Morgan fingerprint density at radius 1 is 1.50 bits per heavy atom. The molecule has 1 aliphatic rings. The van der Waals surface area contributed by atoms with Crippen LogP contribution in [-0.4, -0.2) is 12.6 Å². The molecule has 2 unspecified atom stereocenters. The zero-order valence-electron chi connectivity index (χ0n) is 7.19. The molecule has 2 atom stereocenters. The maximum absolute atomic E-state index is 3.48. The molecule has 1 heteroatoms. The number of hydrogen-bond donors (Lipinski definition) is 1. The Morgan fingerprint density at radius 2 is 2.30 bits per heavy atom. The van der Waals surface area contributed by atoms with E-state index in [1.165, 1.54) is 32.2 Å². The fraction of sp³-hybridized carbons (Fsp3) is 1.00. The van der Waals surface area contributed by atoms with Crippen molar-refractivity contribution in [2.75, 3.05) is 6.54 Å². The molecule has 1 fully saturated rings. The van der Waals surface area contributed by atoms with Crippen LogP contribution in [0, 0.1) is 5.92 Å². The summed E-state index contributed by atoms with van der Waals surface area (Å²) < 4.78 is 0. The van der Waals surface area contributed by atoms with Gasteiger partial charge in [0.05, 0.1) is 0 Å². The second-order valence-electron chi connectivity index (χ2n) is 3.43. The van der Waals surface area contributed by atoms with E-state index < -0.39 is 0 Å². The topological polar surface area (TPSA) is 12.0 Å². The molecule has 1 nitrogen and oxygen atoms in total. The van der Waals surface area contributed by atoms with Crippen molar-refractivity contribution in [1.29, 1.82) is 0 Å². The quantitative estimate of drug-likeness (QED) is 0.635. The van der Waals surface area contributed by atoms with Crippen LogP contribution in [0.2, 0.25) is 0 Å². The van der Waals surface area contributed by atoms with E-state index in [2.05, 4.69) is 19.2 Å². The van der Waals surface area contributed by atoms with E-state index in [0.29, 0.717) is 0 Å². The third kappa shape index (κ3) is 1.98. The van der Waals surface area contributed by atoms with E-state index in [1.54, 1.807) is 0 Å². The Balaban J connectivity index is 2.14. The second-order valence-corrected chi connectivity index (χ2v) is 3.43. The predicted octanol–water partition coefficient (Wildman–Crippen LogP) is 2.17. The molecule has 0 aliphatic carbocycles. The molecule has 10 heavy (non-hydrogen) atoms. The van der Waals surface area contributed by atoms with Crippen LogP contribution in [0.15, 0.2) is 0 Å². The smallest absolute Gasteiger partial charge is 0.00674 e. The van der Waals surface area contributed by atoms with Crippen molar-refractivity contribution in [1.82, 2.24) is 5.32 Å². The Labute approximate surface area is 64.2 Å². The van der Waals surface area contributed by atoms with Gasteiger partial charge in [0.25, 0.3) is 0 Å². The molecule has 0 aromatic heterocycles. The van der Waals surface area contributed by atoms with Gasteiger partial charge in [-0.15, -0.1) is 0 Å². The molecule has 1 aliphatic heterocycles. The largest absolute Gasteiger partial charge is 0.314 e. The lowest BCUT2D eigenvalue weighted by molar-refractivity contribution is 0.429. The van der Waals surface area contributed by atoms with Crippen molar-refractivity contribution in [3.63, 3.8) is 0 Å². The standard InChI is InChI=1S/C9H19N/c1-3-4-5-9-6-7-10-8(9)2/h8-10H,3-7H2,1-2H3. The first-order valence-electron chi connectivity index (χ1n) is 4.58. The second kappa shape index (κ2) is 3.97. The van der Waals surface area contributed by atoms with E-state index in [9.17, 15) is 0 Å². The van der Waals surface area contributed by atoms with Gasteiger partial charge in [0.1, 0.15) is 0 Å². The van der Waals surface area contributed by atoms with E-state index in [4.69, 9.17) is 0 Å². The summed E-state index contributed by atoms with van der Waals surface area (Å²) in [5.41, 5.74) is 0. The van der Waals surface area contributed by atoms with Crippen LogP contribution >= 0.6 is 0 Å². The maximum atomic E-state index is 3.48. The summed E-state index contributed by atoms with van der Waals surface area (Å²) in [4.78, 5) is 0. The van der Waals surface area contributed by atoms with Crippen LogP contribution in [0.1, 0.15) is 39.5 Å². The van der Waals surface area contributed by atoms with Crippen molar-refractivity contribution in [2.45, 2.75) is 45.6 Å². The van der Waals surface area contributed by atoms with Crippen LogP contribution in [-0.2, 0) is 0 Å². The van der Waals surface area contributed by atoms with E-state index in [0.717, 1.165) is 12.0 Å². The first-order chi connectivity index (χ1) is 4.84. The molecular formula is C9H19N. The number of rotatable bonds is 3. The highest BCUT2D eigenvalue weighted by Gasteiger charge is 2.21. The highest BCUT2D eigenvalue weighted by molar-refractivity contribution is 4.79. The Morgan fingerprint density at radius 3 is 2.80 bits per heavy atom. The van der Waals surface area contributed by atoms with Gasteiger partial charge in [-0.1, -0.05) is 19.8 Å². The molecule has 0 aromatic carbocycles. The highest BCUT2D eigenvalue weighted by Crippen LogP contribution is 2.20. The molecule has 0 aromatic rings. The highest BCUT2D eigenvalue weighted by atomic mass is 14.9. The molecule has 1 N–H and O–H groups in total. The number of nitrogens with one attached hydrogen (secondary N) is 1. The first-order valence-corrected chi connectivity index (χ1v) is 4.58. The van der Waals surface area contributed by atoms with Crippen LogP contribution in [0.25, 0.3) is 0 Å². The molecule has 1 rings (SSSR count). The van der Waals surface area contributed by atoms with E-state index >= 15 is 0 Å². The third-order valence-corrected chi connectivity index (χ3v) is 2.62. The van der Waals surface area contributed by atoms with Crippen LogP contribution < -0.4 is 5.32 Å². The fourth-order valence-electron chi connectivity index (χ4n) is 1.77. The third-order valence-electron chi connectivity index (χ3n) is 2.62. The van der Waals surface area contributed by atoms with Gasteiger partial charge in [-0.25, -0.2) is 0 Å². The molecule has 0 amide bonds. The fourth-order valence-corrected chi connectivity index (χ4v) is 1.77. The minimum atomic E-state index is 0.784. The summed E-state index contributed by atoms with van der Waals surface area (Å²) in [6, 6.07) is 0.784. The summed E-state index contributed by atoms with van der Waals surface area (Å²) in [5.74, 6) is 0.972. The molecule has 0 spiro atoms. The molecule has 60 valence electrons. The lowest BCUT2D eigenvalue weighted by atomic mass is 9.96. The SMILES string of the molecule is CCCCC1CCNC1C. The zero-order chi connectivity index (χ0) is 7.40. The average molecular weight is 141 g/mol. The van der Waals surface area contributed by atoms with Crippen molar-refractivity contribution >= 4 is 0 Å². The summed E-state index contributed by atoms with van der Waals surface area (Å²) in [6.07, 6.45) is 5.60. The number of hydrogen-bond acceptors (Lipinski definition) is 1. The maximum Gasteiger partial charge on any atom is 0.00674 e. The predicted molar refractivity (Wildman–Crippen MR) is 45.1 cm³/mol. The molecule has 0 radical (unpaired) electrons. The van der Waals surface area contributed by atoms with Gasteiger partial charge < -0.3 is 5.32 Å². The van der Waals surface area contributed by atoms with Gasteiger partial charge in [-0.05, 0) is 32.2 Å². The molecule has 0 bridgehead atoms. The average Bonchev–Trinajstić information content (AvgIpc) is 2.31. The van der Waals surface area contributed by atoms with Crippen molar-refractivity contribution < 1.29 is 0 Å². The zero-order valence-corrected chi connectivity index (χ0v) is 7.19. The van der Waals surface area contributed by atoms with Gasteiger partial charge in [0.15, 0.2) is 0 Å². The lowest BCUT2D eigenvalue weighted by Crippen LogP contribution is -2.22. The minimum Gasteiger partial charge on any atom is -0.314 e. The van der Waals surface area contributed by atoms with Gasteiger partial charge >= 0.3 is 0 Å². The molecule has 0 saturated carbocycles. The van der Waals surface area contributed by atoms with E-state index in [1.807, 2.05) is 0 Å². The van der Waals surface area contributed by atoms with Crippen molar-refractivity contribution in [2.24, 2.45) is 5.92 Å². The monoisotopic (exact) mass is 141 g/mol. The van der Waals surface area contributed by atoms with Crippen LogP contribution in [0.3, 0.4) is 0 Å². The normalized spacial score (nSPS) is 33.0. The van der Waals surface area contributed by atoms with Gasteiger partial charge in [0, 0.05) is 6.04 Å². The first kappa shape index (κ1) is 8.06. The van der Waals surface area contributed by atoms with Gasteiger partial charge in [0.2, 0.25) is 0 Å². The van der Waals surface area contributed by atoms with Gasteiger partial charge in [-0.2, -0.15) is 0 Å². The molecule has 1 saturated heterocycles. The van der Waals surface area contributed by atoms with Crippen LogP contribution in [0.4, 0.5) is 0 Å². The van der Waals surface area contributed by atoms with Crippen LogP contribution in [0.5, 0.6) is 0 Å². The summed E-state index contributed by atoms with van der Waals surface area (Å²) in [6.45, 7) is 5.83. The minimum absolute atomic E-state index is 0.784. The van der Waals surface area contributed by atoms with Crippen molar-refractivity contribution in [3.05, 3.63) is 0 Å². The molecular weight excluding hydrogens is 122 g/mol. The lowest BCUT2D eigenvalue weighted by Gasteiger charge is -2.13. The summed E-state index contributed by atoms with van der Waals surface area (Å²) in [5, 5.41) is 3.48. The Bertz CT molecular complexity index is 90.7. The Kier molecular flexibility index (Phi) is 3.20.